The van der Waals surface area contributed by atoms with Crippen LogP contribution in [0.4, 0.5) is 0 Å². The van der Waals surface area contributed by atoms with Crippen LogP contribution in [-0.2, 0) is 6.54 Å². The molecular weight excluding hydrogens is 235 g/mol. The van der Waals surface area contributed by atoms with Crippen LogP contribution < -0.4 is 0 Å². The van der Waals surface area contributed by atoms with Crippen LogP contribution in [-0.4, -0.2) is 14.9 Å². The zero-order valence-electron chi connectivity index (χ0n) is 7.69. The first-order chi connectivity index (χ1) is 7.15. The van der Waals surface area contributed by atoms with E-state index in [4.69, 9.17) is 28.3 Å². The van der Waals surface area contributed by atoms with Gasteiger partial charge in [-0.25, -0.2) is 0 Å². The fourth-order valence-corrected chi connectivity index (χ4v) is 1.65. The molecule has 0 atom stereocenters. The monoisotopic (exact) mass is 242 g/mol. The van der Waals surface area contributed by atoms with Crippen molar-refractivity contribution in [2.45, 2.75) is 6.54 Å². The van der Waals surface area contributed by atoms with Crippen molar-refractivity contribution >= 4 is 23.2 Å². The summed E-state index contributed by atoms with van der Waals surface area (Å²) in [6.07, 6.45) is 2.90. The standard InChI is InChI=1S/C10H8Cl2N2O/c11-8-1-2-10(12)7(3-8)5-14-6-9(15)4-13-14/h1-4,6,15H,5H2. The van der Waals surface area contributed by atoms with Crippen molar-refractivity contribution in [1.82, 2.24) is 9.78 Å². The van der Waals surface area contributed by atoms with Gasteiger partial charge in [0.2, 0.25) is 0 Å². The third-order valence-corrected chi connectivity index (χ3v) is 2.56. The SMILES string of the molecule is Oc1cnn(Cc2cc(Cl)ccc2Cl)c1. The van der Waals surface area contributed by atoms with Crippen molar-refractivity contribution in [3.05, 3.63) is 46.2 Å². The maximum atomic E-state index is 9.11. The normalized spacial score (nSPS) is 10.5. The molecule has 3 nitrogen and oxygen atoms in total. The fourth-order valence-electron chi connectivity index (χ4n) is 1.28. The molecule has 1 aromatic heterocycles. The van der Waals surface area contributed by atoms with Crippen LogP contribution in [0.25, 0.3) is 0 Å². The van der Waals surface area contributed by atoms with E-state index in [2.05, 4.69) is 5.10 Å². The van der Waals surface area contributed by atoms with E-state index < -0.39 is 0 Å². The maximum absolute atomic E-state index is 9.11. The average Bonchev–Trinajstić information content (AvgIpc) is 2.58. The van der Waals surface area contributed by atoms with E-state index in [1.165, 1.54) is 12.4 Å². The molecule has 0 unspecified atom stereocenters. The molecule has 1 N–H and O–H groups in total. The van der Waals surface area contributed by atoms with Gasteiger partial charge in [0, 0.05) is 10.0 Å². The predicted octanol–water partition coefficient (Wildman–Crippen LogP) is 2.94. The average molecular weight is 243 g/mol. The van der Waals surface area contributed by atoms with Crippen molar-refractivity contribution in [3.8, 4) is 5.75 Å². The fraction of sp³-hybridized carbons (Fsp3) is 0.100. The molecular formula is C10H8Cl2N2O. The summed E-state index contributed by atoms with van der Waals surface area (Å²) >= 11 is 11.8. The maximum Gasteiger partial charge on any atom is 0.153 e. The lowest BCUT2D eigenvalue weighted by Gasteiger charge is -2.04. The van der Waals surface area contributed by atoms with Gasteiger partial charge in [-0.15, -0.1) is 0 Å². The molecule has 2 rings (SSSR count). The molecule has 0 aliphatic carbocycles. The largest absolute Gasteiger partial charge is 0.505 e. The lowest BCUT2D eigenvalue weighted by atomic mass is 10.2. The summed E-state index contributed by atoms with van der Waals surface area (Å²) < 4.78 is 1.59. The van der Waals surface area contributed by atoms with E-state index in [-0.39, 0.29) is 5.75 Å². The zero-order valence-corrected chi connectivity index (χ0v) is 9.20. The molecule has 0 amide bonds. The second-order valence-corrected chi connectivity index (χ2v) is 3.98. The Balaban J connectivity index is 2.27. The molecule has 78 valence electrons. The summed E-state index contributed by atoms with van der Waals surface area (Å²) in [5.74, 6) is 0.133. The Kier molecular flexibility index (Phi) is 2.84. The third-order valence-electron chi connectivity index (χ3n) is 1.96. The first kappa shape index (κ1) is 10.3. The predicted molar refractivity (Wildman–Crippen MR) is 59.5 cm³/mol. The topological polar surface area (TPSA) is 38.1 Å². The molecule has 0 bridgehead atoms. The van der Waals surface area contributed by atoms with Crippen molar-refractivity contribution in [3.63, 3.8) is 0 Å². The number of nitrogens with zero attached hydrogens (tertiary/aromatic N) is 2. The lowest BCUT2D eigenvalue weighted by molar-refractivity contribution is 0.474. The van der Waals surface area contributed by atoms with Crippen LogP contribution >= 0.6 is 23.2 Å². The summed E-state index contributed by atoms with van der Waals surface area (Å²) in [6.45, 7) is 0.486. The van der Waals surface area contributed by atoms with Crippen LogP contribution in [0, 0.1) is 0 Å². The van der Waals surface area contributed by atoms with Crippen molar-refractivity contribution in [1.29, 1.82) is 0 Å². The van der Waals surface area contributed by atoms with Crippen molar-refractivity contribution in [2.24, 2.45) is 0 Å². The molecule has 0 spiro atoms. The molecule has 0 saturated heterocycles. The second kappa shape index (κ2) is 4.13. The Bertz CT molecular complexity index is 482. The van der Waals surface area contributed by atoms with Gasteiger partial charge in [-0.2, -0.15) is 5.10 Å². The number of rotatable bonds is 2. The van der Waals surface area contributed by atoms with Crippen LogP contribution in [0.5, 0.6) is 5.75 Å². The third kappa shape index (κ3) is 2.43. The van der Waals surface area contributed by atoms with Crippen molar-refractivity contribution < 1.29 is 5.11 Å². The molecule has 0 aliphatic rings. The minimum atomic E-state index is 0.133. The molecule has 2 aromatic rings. The molecule has 1 heterocycles. The van der Waals surface area contributed by atoms with Gasteiger partial charge in [-0.1, -0.05) is 23.2 Å². The van der Waals surface area contributed by atoms with E-state index in [0.29, 0.717) is 16.6 Å². The number of hydrogen-bond acceptors (Lipinski definition) is 2. The van der Waals surface area contributed by atoms with Gasteiger partial charge in [-0.3, -0.25) is 4.68 Å². The number of halogens is 2. The van der Waals surface area contributed by atoms with Crippen LogP contribution in [0.2, 0.25) is 10.0 Å². The molecule has 0 radical (unpaired) electrons. The summed E-state index contributed by atoms with van der Waals surface area (Å²) in [4.78, 5) is 0. The summed E-state index contributed by atoms with van der Waals surface area (Å²) in [7, 11) is 0. The van der Waals surface area contributed by atoms with Crippen molar-refractivity contribution in [2.75, 3.05) is 0 Å². The van der Waals surface area contributed by atoms with E-state index in [1.54, 1.807) is 22.9 Å². The highest BCUT2D eigenvalue weighted by Crippen LogP contribution is 2.21. The first-order valence-corrected chi connectivity index (χ1v) is 5.06. The summed E-state index contributed by atoms with van der Waals surface area (Å²) in [6, 6.07) is 5.25. The van der Waals surface area contributed by atoms with E-state index >= 15 is 0 Å². The van der Waals surface area contributed by atoms with Gasteiger partial charge in [0.15, 0.2) is 5.75 Å². The molecule has 0 saturated carbocycles. The summed E-state index contributed by atoms with van der Waals surface area (Å²) in [5, 5.41) is 14.3. The van der Waals surface area contributed by atoms with Gasteiger partial charge in [0.1, 0.15) is 0 Å². The number of benzene rings is 1. The van der Waals surface area contributed by atoms with Gasteiger partial charge in [-0.05, 0) is 23.8 Å². The van der Waals surface area contributed by atoms with Gasteiger partial charge < -0.3 is 5.11 Å². The minimum absolute atomic E-state index is 0.133. The van der Waals surface area contributed by atoms with Crippen LogP contribution in [0.1, 0.15) is 5.56 Å². The van der Waals surface area contributed by atoms with E-state index in [0.717, 1.165) is 5.56 Å². The van der Waals surface area contributed by atoms with E-state index in [1.807, 2.05) is 0 Å². The molecule has 15 heavy (non-hydrogen) atoms. The number of aromatic hydroxyl groups is 1. The Labute approximate surface area is 96.9 Å². The number of aromatic nitrogens is 2. The van der Waals surface area contributed by atoms with Crippen LogP contribution in [0.15, 0.2) is 30.6 Å². The quantitative estimate of drug-likeness (QED) is 0.880. The Morgan fingerprint density at radius 1 is 1.33 bits per heavy atom. The Morgan fingerprint density at radius 2 is 2.13 bits per heavy atom. The first-order valence-electron chi connectivity index (χ1n) is 4.30. The smallest absolute Gasteiger partial charge is 0.153 e. The van der Waals surface area contributed by atoms with Crippen LogP contribution in [0.3, 0.4) is 0 Å². The van der Waals surface area contributed by atoms with E-state index in [9.17, 15) is 0 Å². The highest BCUT2D eigenvalue weighted by molar-refractivity contribution is 6.33. The summed E-state index contributed by atoms with van der Waals surface area (Å²) in [5.41, 5.74) is 0.868. The Morgan fingerprint density at radius 3 is 2.80 bits per heavy atom. The lowest BCUT2D eigenvalue weighted by Crippen LogP contribution is -2.00. The highest BCUT2D eigenvalue weighted by Gasteiger charge is 2.03. The zero-order chi connectivity index (χ0) is 10.8. The minimum Gasteiger partial charge on any atom is -0.505 e. The highest BCUT2D eigenvalue weighted by atomic mass is 35.5. The van der Waals surface area contributed by atoms with Gasteiger partial charge in [0.05, 0.1) is 18.9 Å². The van der Waals surface area contributed by atoms with Gasteiger partial charge in [0.25, 0.3) is 0 Å². The molecule has 0 fully saturated rings. The number of hydrogen-bond donors (Lipinski definition) is 1. The molecule has 0 aliphatic heterocycles. The molecule has 1 aromatic carbocycles. The second-order valence-electron chi connectivity index (χ2n) is 3.13. The Hall–Kier alpha value is -1.19. The van der Waals surface area contributed by atoms with Gasteiger partial charge >= 0.3 is 0 Å². The molecule has 5 heteroatoms.